The van der Waals surface area contributed by atoms with Crippen LogP contribution in [0.1, 0.15) is 48.1 Å². The summed E-state index contributed by atoms with van der Waals surface area (Å²) in [4.78, 5) is 42.7. The third kappa shape index (κ3) is 2.94. The predicted octanol–water partition coefficient (Wildman–Crippen LogP) is 3.93. The van der Waals surface area contributed by atoms with Gasteiger partial charge in [-0.15, -0.1) is 0 Å². The molecule has 0 radical (unpaired) electrons. The maximum Gasteiger partial charge on any atom is 0.339 e. The number of fused-ring (bicyclic) bond motifs is 2. The second-order valence-corrected chi connectivity index (χ2v) is 7.31. The van der Waals surface area contributed by atoms with E-state index < -0.39 is 5.97 Å². The van der Waals surface area contributed by atoms with Gasteiger partial charge < -0.3 is 9.26 Å². The maximum absolute atomic E-state index is 13.0. The zero-order chi connectivity index (χ0) is 20.7. The van der Waals surface area contributed by atoms with Crippen molar-refractivity contribution >= 4 is 28.9 Å². The molecule has 30 heavy (non-hydrogen) atoms. The first-order valence-corrected chi connectivity index (χ1v) is 9.91. The Balaban J connectivity index is 1.41. The molecule has 2 aromatic carbocycles. The number of carbonyl (C=O) groups is 3. The number of carbonyl (C=O) groups excluding carboxylic acids is 3. The highest BCUT2D eigenvalue weighted by Gasteiger charge is 2.33. The van der Waals surface area contributed by atoms with Crippen LogP contribution in [0.25, 0.3) is 11.4 Å². The van der Waals surface area contributed by atoms with Crippen molar-refractivity contribution in [2.45, 2.75) is 6.61 Å². The van der Waals surface area contributed by atoms with E-state index in [1.54, 1.807) is 30.3 Å². The van der Waals surface area contributed by atoms with Gasteiger partial charge in [0.2, 0.25) is 5.82 Å². The summed E-state index contributed by atoms with van der Waals surface area (Å²) in [7, 11) is 0. The first-order valence-electron chi connectivity index (χ1n) is 8.97. The molecular formula is C22H12N2O5S. The molecule has 0 amide bonds. The number of ketones is 2. The fourth-order valence-electron chi connectivity index (χ4n) is 3.34. The Hall–Kier alpha value is -3.91. The highest BCUT2D eigenvalue weighted by molar-refractivity contribution is 7.08. The Morgan fingerprint density at radius 1 is 0.967 bits per heavy atom. The molecule has 4 aromatic rings. The van der Waals surface area contributed by atoms with Crippen LogP contribution in [-0.4, -0.2) is 27.7 Å². The summed E-state index contributed by atoms with van der Waals surface area (Å²) in [6.45, 7) is -0.252. The van der Waals surface area contributed by atoms with Crippen molar-refractivity contribution < 1.29 is 23.6 Å². The minimum atomic E-state index is -0.748. The Bertz CT molecular complexity index is 1310. The van der Waals surface area contributed by atoms with Crippen LogP contribution in [0.3, 0.4) is 0 Å². The van der Waals surface area contributed by atoms with Crippen molar-refractivity contribution in [2.24, 2.45) is 0 Å². The summed E-state index contributed by atoms with van der Waals surface area (Å²) >= 11 is 1.50. The van der Waals surface area contributed by atoms with Crippen LogP contribution in [0, 0.1) is 0 Å². The predicted molar refractivity (Wildman–Crippen MR) is 106 cm³/mol. The number of thiophene rings is 1. The van der Waals surface area contributed by atoms with E-state index in [1.165, 1.54) is 23.5 Å². The third-order valence-corrected chi connectivity index (χ3v) is 5.43. The number of esters is 1. The highest BCUT2D eigenvalue weighted by Crippen LogP contribution is 2.30. The second-order valence-electron chi connectivity index (χ2n) is 6.53. The van der Waals surface area contributed by atoms with E-state index in [2.05, 4.69) is 10.1 Å². The zero-order valence-electron chi connectivity index (χ0n) is 15.3. The third-order valence-electron chi connectivity index (χ3n) is 4.75. The van der Waals surface area contributed by atoms with Crippen LogP contribution >= 0.6 is 11.3 Å². The van der Waals surface area contributed by atoms with Crippen LogP contribution in [0.15, 0.2) is 63.8 Å². The van der Waals surface area contributed by atoms with Crippen LogP contribution in [-0.2, 0) is 11.3 Å². The van der Waals surface area contributed by atoms with Gasteiger partial charge in [0.25, 0.3) is 5.89 Å². The van der Waals surface area contributed by atoms with Gasteiger partial charge in [-0.1, -0.05) is 41.6 Å². The lowest BCUT2D eigenvalue weighted by atomic mass is 9.82. The largest absolute Gasteiger partial charge is 0.452 e. The molecule has 0 fully saturated rings. The van der Waals surface area contributed by atoms with Crippen LogP contribution in [0.4, 0.5) is 0 Å². The van der Waals surface area contributed by atoms with Gasteiger partial charge >= 0.3 is 5.97 Å². The quantitative estimate of drug-likeness (QED) is 0.409. The first-order chi connectivity index (χ1) is 14.6. The molecule has 8 heteroatoms. The van der Waals surface area contributed by atoms with E-state index in [0.717, 1.165) is 5.56 Å². The molecule has 0 bridgehead atoms. The number of rotatable bonds is 4. The Morgan fingerprint density at radius 3 is 2.50 bits per heavy atom. The van der Waals surface area contributed by atoms with Gasteiger partial charge in [0, 0.05) is 33.2 Å². The van der Waals surface area contributed by atoms with Gasteiger partial charge in [-0.3, -0.25) is 9.59 Å². The van der Waals surface area contributed by atoms with E-state index in [0.29, 0.717) is 11.4 Å². The second kappa shape index (κ2) is 7.16. The van der Waals surface area contributed by atoms with Gasteiger partial charge in [-0.25, -0.2) is 4.79 Å². The SMILES string of the molecule is O=C(OCc1nc(-c2ccsc2)no1)c1cccc2c1C(=O)c1ccccc1C2=O. The van der Waals surface area contributed by atoms with Crippen molar-refractivity contribution in [1.29, 1.82) is 0 Å². The first kappa shape index (κ1) is 18.1. The summed E-state index contributed by atoms with van der Waals surface area (Å²) in [6.07, 6.45) is 0. The minimum absolute atomic E-state index is 0.0259. The standard InChI is InChI=1S/C22H12N2O5S/c25-19-13-4-1-2-5-14(13)20(26)18-15(19)6-3-7-16(18)22(27)28-10-17-23-21(24-29-17)12-8-9-30-11-12/h1-9,11H,10H2. The van der Waals surface area contributed by atoms with Crippen LogP contribution in [0.2, 0.25) is 0 Å². The molecule has 5 rings (SSSR count). The summed E-state index contributed by atoms with van der Waals surface area (Å²) in [5.74, 6) is -0.904. The molecule has 0 unspecified atom stereocenters. The molecule has 1 aliphatic carbocycles. The molecule has 0 spiro atoms. The maximum atomic E-state index is 13.0. The number of nitrogens with zero attached hydrogens (tertiary/aromatic N) is 2. The van der Waals surface area contributed by atoms with Crippen molar-refractivity contribution in [3.8, 4) is 11.4 Å². The van der Waals surface area contributed by atoms with Crippen molar-refractivity contribution in [2.75, 3.05) is 0 Å². The topological polar surface area (TPSA) is 99.4 Å². The van der Waals surface area contributed by atoms with Gasteiger partial charge in [0.05, 0.1) is 5.56 Å². The molecule has 2 heterocycles. The molecule has 0 N–H and O–H groups in total. The lowest BCUT2D eigenvalue weighted by molar-refractivity contribution is 0.0427. The Kier molecular flexibility index (Phi) is 4.33. The van der Waals surface area contributed by atoms with Crippen molar-refractivity contribution in [3.05, 3.63) is 93.0 Å². The van der Waals surface area contributed by atoms with Gasteiger partial charge in [0.15, 0.2) is 18.2 Å². The summed E-state index contributed by atoms with van der Waals surface area (Å²) < 4.78 is 10.4. The summed E-state index contributed by atoms with van der Waals surface area (Å²) in [6, 6.07) is 12.9. The molecule has 146 valence electrons. The van der Waals surface area contributed by atoms with Crippen LogP contribution in [0.5, 0.6) is 0 Å². The van der Waals surface area contributed by atoms with E-state index in [-0.39, 0.29) is 46.3 Å². The minimum Gasteiger partial charge on any atom is -0.452 e. The van der Waals surface area contributed by atoms with Crippen molar-refractivity contribution in [3.63, 3.8) is 0 Å². The Morgan fingerprint density at radius 2 is 1.73 bits per heavy atom. The number of aromatic nitrogens is 2. The zero-order valence-corrected chi connectivity index (χ0v) is 16.1. The number of benzene rings is 2. The molecule has 0 saturated carbocycles. The molecule has 0 saturated heterocycles. The lowest BCUT2D eigenvalue weighted by Gasteiger charge is -2.19. The highest BCUT2D eigenvalue weighted by atomic mass is 32.1. The van der Waals surface area contributed by atoms with Gasteiger partial charge in [-0.2, -0.15) is 16.3 Å². The number of ether oxygens (including phenoxy) is 1. The normalized spacial score (nSPS) is 12.4. The van der Waals surface area contributed by atoms with E-state index in [1.807, 2.05) is 16.8 Å². The van der Waals surface area contributed by atoms with Gasteiger partial charge in [0.1, 0.15) is 0 Å². The summed E-state index contributed by atoms with van der Waals surface area (Å²) in [5, 5.41) is 7.62. The molecule has 7 nitrogen and oxygen atoms in total. The molecule has 0 atom stereocenters. The van der Waals surface area contributed by atoms with E-state index in [4.69, 9.17) is 9.26 Å². The fourth-order valence-corrected chi connectivity index (χ4v) is 3.98. The number of hydrogen-bond acceptors (Lipinski definition) is 8. The number of hydrogen-bond donors (Lipinski definition) is 0. The Labute approximate surface area is 173 Å². The van der Waals surface area contributed by atoms with Crippen LogP contribution < -0.4 is 0 Å². The van der Waals surface area contributed by atoms with E-state index in [9.17, 15) is 14.4 Å². The van der Waals surface area contributed by atoms with Crippen molar-refractivity contribution in [1.82, 2.24) is 10.1 Å². The average molecular weight is 416 g/mol. The smallest absolute Gasteiger partial charge is 0.339 e. The summed E-state index contributed by atoms with van der Waals surface area (Å²) in [5.41, 5.74) is 1.67. The monoisotopic (exact) mass is 416 g/mol. The average Bonchev–Trinajstić information content (AvgIpc) is 3.47. The fraction of sp³-hybridized carbons (Fsp3) is 0.0455. The lowest BCUT2D eigenvalue weighted by Crippen LogP contribution is -2.24. The van der Waals surface area contributed by atoms with E-state index >= 15 is 0 Å². The molecular weight excluding hydrogens is 404 g/mol. The molecule has 0 aliphatic heterocycles. The molecule has 1 aliphatic rings. The van der Waals surface area contributed by atoms with Gasteiger partial charge in [-0.05, 0) is 17.5 Å². The molecule has 2 aromatic heterocycles.